The Morgan fingerprint density at radius 2 is 1.65 bits per heavy atom. The smallest absolute Gasteiger partial charge is 0.276 e. The molecule has 5 aromatic heterocycles. The number of aryl methyl sites for hydroxylation is 1. The highest BCUT2D eigenvalue weighted by Gasteiger charge is 2.24. The lowest BCUT2D eigenvalue weighted by atomic mass is 10.1. The van der Waals surface area contributed by atoms with Crippen LogP contribution in [0.5, 0.6) is 0 Å². The Hall–Kier alpha value is -4.04. The van der Waals surface area contributed by atoms with Crippen LogP contribution in [0.15, 0.2) is 80.8 Å². The molecule has 0 unspecified atom stereocenters. The molecule has 0 spiro atoms. The van der Waals surface area contributed by atoms with Gasteiger partial charge in [0.2, 0.25) is 0 Å². The number of aromatic nitrogens is 4. The van der Waals surface area contributed by atoms with E-state index in [1.807, 2.05) is 55.5 Å². The van der Waals surface area contributed by atoms with Crippen molar-refractivity contribution >= 4 is 31.8 Å². The second kappa shape index (κ2) is 6.75. The molecule has 0 aliphatic rings. The Kier molecular flexibility index (Phi) is 3.87. The average molecular weight is 426 g/mol. The lowest BCUT2D eigenvalue weighted by Crippen LogP contribution is -2.21. The Morgan fingerprint density at radius 1 is 0.903 bits per heavy atom. The van der Waals surface area contributed by atoms with E-state index in [0.717, 1.165) is 11.1 Å². The molecule has 0 aliphatic heterocycles. The quantitative estimate of drug-likeness (QED) is 0.386. The number of para-hydroxylation sites is 1. The molecular formula is C23H14N4O3S. The summed E-state index contributed by atoms with van der Waals surface area (Å²) in [6.45, 7) is 1.83. The number of benzene rings is 1. The van der Waals surface area contributed by atoms with Gasteiger partial charge in [0.15, 0.2) is 5.76 Å². The largest absolute Gasteiger partial charge is 0.464 e. The lowest BCUT2D eigenvalue weighted by molar-refractivity contribution is 0.573. The first-order chi connectivity index (χ1) is 15.2. The molecule has 0 aliphatic carbocycles. The normalized spacial score (nSPS) is 11.5. The van der Waals surface area contributed by atoms with E-state index < -0.39 is 0 Å². The van der Waals surface area contributed by atoms with Crippen LogP contribution in [0.4, 0.5) is 0 Å². The van der Waals surface area contributed by atoms with Crippen LogP contribution < -0.4 is 5.56 Å². The molecule has 7 nitrogen and oxygen atoms in total. The van der Waals surface area contributed by atoms with Crippen molar-refractivity contribution in [2.45, 2.75) is 6.92 Å². The summed E-state index contributed by atoms with van der Waals surface area (Å²) in [5.41, 5.74) is 2.47. The Labute approximate surface area is 179 Å². The number of hydrogen-bond acceptors (Lipinski definition) is 7. The number of thiophene rings is 1. The lowest BCUT2D eigenvalue weighted by Gasteiger charge is -2.09. The topological polar surface area (TPSA) is 87.0 Å². The van der Waals surface area contributed by atoms with Crippen LogP contribution in [0.25, 0.3) is 48.9 Å². The van der Waals surface area contributed by atoms with Gasteiger partial charge in [-0.05, 0) is 43.3 Å². The highest BCUT2D eigenvalue weighted by molar-refractivity contribution is 7.25. The van der Waals surface area contributed by atoms with Crippen LogP contribution in [-0.2, 0) is 0 Å². The van der Waals surface area contributed by atoms with Crippen LogP contribution >= 0.6 is 11.3 Å². The van der Waals surface area contributed by atoms with Gasteiger partial charge in [-0.15, -0.1) is 21.5 Å². The van der Waals surface area contributed by atoms with E-state index in [4.69, 9.17) is 13.8 Å². The summed E-state index contributed by atoms with van der Waals surface area (Å²) in [7, 11) is 0. The van der Waals surface area contributed by atoms with Gasteiger partial charge in [-0.3, -0.25) is 9.36 Å². The summed E-state index contributed by atoms with van der Waals surface area (Å²) < 4.78 is 13.4. The van der Waals surface area contributed by atoms with Gasteiger partial charge in [0.05, 0.1) is 34.7 Å². The van der Waals surface area contributed by atoms with E-state index in [2.05, 4.69) is 10.2 Å². The van der Waals surface area contributed by atoms with Gasteiger partial charge in [0, 0.05) is 0 Å². The van der Waals surface area contributed by atoms with Gasteiger partial charge in [-0.1, -0.05) is 18.2 Å². The summed E-state index contributed by atoms with van der Waals surface area (Å²) in [5.74, 6) is 1.76. The summed E-state index contributed by atoms with van der Waals surface area (Å²) in [6.07, 6.45) is 3.18. The van der Waals surface area contributed by atoms with Gasteiger partial charge in [0.1, 0.15) is 26.8 Å². The van der Waals surface area contributed by atoms with Crippen molar-refractivity contribution in [2.24, 2.45) is 0 Å². The van der Waals surface area contributed by atoms with Crippen molar-refractivity contribution in [3.05, 3.63) is 83.3 Å². The molecule has 6 rings (SSSR count). The average Bonchev–Trinajstić information content (AvgIpc) is 3.55. The van der Waals surface area contributed by atoms with Crippen molar-refractivity contribution in [3.8, 4) is 28.5 Å². The van der Waals surface area contributed by atoms with E-state index in [-0.39, 0.29) is 5.56 Å². The molecule has 0 bridgehead atoms. The monoisotopic (exact) mass is 426 g/mol. The molecule has 31 heavy (non-hydrogen) atoms. The SMILES string of the molecule is Cc1nc2c(sc3nnc(-c4ccco4)c(-c4ccco4)c32)c(=O)n1-c1ccccc1. The molecule has 0 N–H and O–H groups in total. The maximum atomic E-state index is 13.5. The molecule has 0 radical (unpaired) electrons. The third-order valence-corrected chi connectivity index (χ3v) is 6.17. The van der Waals surface area contributed by atoms with E-state index in [9.17, 15) is 4.79 Å². The van der Waals surface area contributed by atoms with Crippen molar-refractivity contribution in [1.29, 1.82) is 0 Å². The summed E-state index contributed by atoms with van der Waals surface area (Å²) >= 11 is 1.28. The number of fused-ring (bicyclic) bond motifs is 3. The van der Waals surface area contributed by atoms with Crippen molar-refractivity contribution in [1.82, 2.24) is 19.7 Å². The van der Waals surface area contributed by atoms with Crippen LogP contribution in [0.3, 0.4) is 0 Å². The fraction of sp³-hybridized carbons (Fsp3) is 0.0435. The van der Waals surface area contributed by atoms with Crippen molar-refractivity contribution < 1.29 is 8.83 Å². The molecule has 0 amide bonds. The van der Waals surface area contributed by atoms with Gasteiger partial charge in [-0.2, -0.15) is 0 Å². The van der Waals surface area contributed by atoms with Gasteiger partial charge >= 0.3 is 0 Å². The van der Waals surface area contributed by atoms with Crippen molar-refractivity contribution in [3.63, 3.8) is 0 Å². The molecule has 6 aromatic rings. The zero-order valence-corrected chi connectivity index (χ0v) is 17.1. The second-order valence-corrected chi connectivity index (χ2v) is 7.97. The van der Waals surface area contributed by atoms with E-state index in [1.54, 1.807) is 23.2 Å². The zero-order valence-electron chi connectivity index (χ0n) is 16.3. The number of nitrogens with zero attached hydrogens (tertiary/aromatic N) is 4. The van der Waals surface area contributed by atoms with E-state index in [0.29, 0.717) is 43.6 Å². The maximum absolute atomic E-state index is 13.5. The molecular weight excluding hydrogens is 412 g/mol. The Balaban J connectivity index is 1.75. The predicted molar refractivity (Wildman–Crippen MR) is 118 cm³/mol. The molecule has 0 saturated carbocycles. The molecule has 8 heteroatoms. The molecule has 150 valence electrons. The Morgan fingerprint density at radius 3 is 2.35 bits per heavy atom. The molecule has 0 fully saturated rings. The zero-order chi connectivity index (χ0) is 20.9. The highest BCUT2D eigenvalue weighted by atomic mass is 32.1. The van der Waals surface area contributed by atoms with Crippen LogP contribution in [0.1, 0.15) is 5.82 Å². The fourth-order valence-electron chi connectivity index (χ4n) is 3.81. The third kappa shape index (κ3) is 2.65. The van der Waals surface area contributed by atoms with Gasteiger partial charge in [0.25, 0.3) is 5.56 Å². The van der Waals surface area contributed by atoms with Gasteiger partial charge in [-0.25, -0.2) is 4.98 Å². The first-order valence-corrected chi connectivity index (χ1v) is 10.4. The second-order valence-electron chi connectivity index (χ2n) is 6.97. The summed E-state index contributed by atoms with van der Waals surface area (Å²) in [5, 5.41) is 9.53. The fourth-order valence-corrected chi connectivity index (χ4v) is 4.81. The van der Waals surface area contributed by atoms with Crippen LogP contribution in [0, 0.1) is 6.92 Å². The van der Waals surface area contributed by atoms with E-state index in [1.165, 1.54) is 11.3 Å². The van der Waals surface area contributed by atoms with E-state index >= 15 is 0 Å². The predicted octanol–water partition coefficient (Wildman–Crippen LogP) is 5.22. The molecule has 1 aromatic carbocycles. The Bertz CT molecular complexity index is 1600. The standard InChI is InChI=1S/C23H14N4O3S/c1-13-24-20-18-17(15-9-5-11-29-15)19(16-10-6-12-30-16)25-26-22(18)31-21(20)23(28)27(13)14-7-3-2-4-8-14/h2-12H,1H3. The van der Waals surface area contributed by atoms with Crippen LogP contribution in [0.2, 0.25) is 0 Å². The summed E-state index contributed by atoms with van der Waals surface area (Å²) in [6, 6.07) is 16.7. The number of hydrogen-bond donors (Lipinski definition) is 0. The minimum Gasteiger partial charge on any atom is -0.464 e. The molecule has 0 atom stereocenters. The number of furan rings is 2. The maximum Gasteiger partial charge on any atom is 0.276 e. The molecule has 0 saturated heterocycles. The first-order valence-electron chi connectivity index (χ1n) is 9.58. The highest BCUT2D eigenvalue weighted by Crippen LogP contribution is 2.41. The third-order valence-electron chi connectivity index (χ3n) is 5.12. The van der Waals surface area contributed by atoms with Crippen molar-refractivity contribution in [2.75, 3.05) is 0 Å². The first kappa shape index (κ1) is 17.8. The minimum atomic E-state index is -0.137. The molecule has 5 heterocycles. The van der Waals surface area contributed by atoms with Gasteiger partial charge < -0.3 is 8.83 Å². The minimum absolute atomic E-state index is 0.137. The summed E-state index contributed by atoms with van der Waals surface area (Å²) in [4.78, 5) is 18.9. The number of rotatable bonds is 3. The van der Waals surface area contributed by atoms with Crippen LogP contribution in [-0.4, -0.2) is 19.7 Å².